The molecule has 1 N–H and O–H groups in total. The van der Waals surface area contributed by atoms with Crippen molar-refractivity contribution in [2.45, 2.75) is 39.8 Å². The second-order valence-corrected chi connectivity index (χ2v) is 6.55. The second-order valence-electron chi connectivity index (χ2n) is 5.49. The average Bonchev–Trinajstić information content (AvgIpc) is 2.78. The third-order valence-electron chi connectivity index (χ3n) is 3.88. The van der Waals surface area contributed by atoms with Crippen molar-refractivity contribution in [2.75, 3.05) is 38.1 Å². The molecule has 0 saturated carbocycles. The summed E-state index contributed by atoms with van der Waals surface area (Å²) in [6.07, 6.45) is 1.17. The van der Waals surface area contributed by atoms with Crippen LogP contribution in [0.5, 0.6) is 0 Å². The van der Waals surface area contributed by atoms with E-state index in [4.69, 9.17) is 4.98 Å². The van der Waals surface area contributed by atoms with Gasteiger partial charge in [0, 0.05) is 43.6 Å². The Kier molecular flexibility index (Phi) is 5.19. The van der Waals surface area contributed by atoms with Crippen molar-refractivity contribution in [3.05, 3.63) is 10.6 Å². The maximum Gasteiger partial charge on any atom is 0.185 e. The number of anilines is 1. The molecule has 2 heterocycles. The van der Waals surface area contributed by atoms with Gasteiger partial charge < -0.3 is 15.1 Å². The number of hydrogen-bond acceptors (Lipinski definition) is 5. The number of hydrogen-bond donors (Lipinski definition) is 1. The van der Waals surface area contributed by atoms with Gasteiger partial charge in [0.15, 0.2) is 5.13 Å². The van der Waals surface area contributed by atoms with E-state index in [2.05, 4.69) is 42.9 Å². The van der Waals surface area contributed by atoms with E-state index in [1.807, 2.05) is 11.3 Å². The maximum absolute atomic E-state index is 4.75. The Morgan fingerprint density at radius 1 is 1.32 bits per heavy atom. The van der Waals surface area contributed by atoms with Crippen LogP contribution in [-0.2, 0) is 6.54 Å². The minimum Gasteiger partial charge on any atom is -0.346 e. The summed E-state index contributed by atoms with van der Waals surface area (Å²) in [6.45, 7) is 12.0. The molecule has 1 fully saturated rings. The van der Waals surface area contributed by atoms with E-state index < -0.39 is 0 Å². The summed E-state index contributed by atoms with van der Waals surface area (Å²) in [5.74, 6) is 0. The van der Waals surface area contributed by atoms with Crippen molar-refractivity contribution in [3.8, 4) is 0 Å². The average molecular weight is 282 g/mol. The first-order valence-corrected chi connectivity index (χ1v) is 8.05. The van der Waals surface area contributed by atoms with E-state index in [9.17, 15) is 0 Å². The van der Waals surface area contributed by atoms with Crippen LogP contribution >= 0.6 is 11.3 Å². The summed E-state index contributed by atoms with van der Waals surface area (Å²) in [7, 11) is 2.19. The molecule has 0 radical (unpaired) electrons. The minimum atomic E-state index is 0.577. The maximum atomic E-state index is 4.75. The van der Waals surface area contributed by atoms with Crippen LogP contribution < -0.4 is 10.2 Å². The predicted octanol–water partition coefficient (Wildman–Crippen LogP) is 2.09. The summed E-state index contributed by atoms with van der Waals surface area (Å²) >= 11 is 1.85. The first-order chi connectivity index (χ1) is 9.10. The molecule has 0 aromatic carbocycles. The lowest BCUT2D eigenvalue weighted by atomic mass is 10.2. The standard InChI is InChI=1S/C14H26N4S/c1-5-11(2)15-10-13-12(3)16-14(19-13)18-8-6-17(4)7-9-18/h11,15H,5-10H2,1-4H3. The van der Waals surface area contributed by atoms with Gasteiger partial charge in [-0.15, -0.1) is 11.3 Å². The summed E-state index contributed by atoms with van der Waals surface area (Å²) in [5, 5.41) is 4.76. The fraction of sp³-hybridized carbons (Fsp3) is 0.786. The van der Waals surface area contributed by atoms with Gasteiger partial charge in [-0.25, -0.2) is 4.98 Å². The number of aromatic nitrogens is 1. The molecule has 5 heteroatoms. The fourth-order valence-corrected chi connectivity index (χ4v) is 3.18. The van der Waals surface area contributed by atoms with Crippen LogP contribution in [0.15, 0.2) is 0 Å². The summed E-state index contributed by atoms with van der Waals surface area (Å²) < 4.78 is 0. The monoisotopic (exact) mass is 282 g/mol. The Hall–Kier alpha value is -0.650. The van der Waals surface area contributed by atoms with Crippen LogP contribution in [0.3, 0.4) is 0 Å². The molecule has 0 aliphatic carbocycles. The lowest BCUT2D eigenvalue weighted by molar-refractivity contribution is 0.312. The van der Waals surface area contributed by atoms with E-state index >= 15 is 0 Å². The second kappa shape index (κ2) is 6.68. The van der Waals surface area contributed by atoms with Crippen molar-refractivity contribution in [2.24, 2.45) is 0 Å². The highest BCUT2D eigenvalue weighted by Gasteiger charge is 2.18. The van der Waals surface area contributed by atoms with Crippen LogP contribution in [0.4, 0.5) is 5.13 Å². The fourth-order valence-electron chi connectivity index (χ4n) is 2.12. The summed E-state index contributed by atoms with van der Waals surface area (Å²) in [5.41, 5.74) is 1.19. The smallest absolute Gasteiger partial charge is 0.185 e. The van der Waals surface area contributed by atoms with Gasteiger partial charge in [0.25, 0.3) is 0 Å². The van der Waals surface area contributed by atoms with Gasteiger partial charge in [0.2, 0.25) is 0 Å². The van der Waals surface area contributed by atoms with Crippen LogP contribution in [0.2, 0.25) is 0 Å². The van der Waals surface area contributed by atoms with Gasteiger partial charge in [-0.3, -0.25) is 0 Å². The quantitative estimate of drug-likeness (QED) is 0.896. The van der Waals surface area contributed by atoms with Crippen molar-refractivity contribution < 1.29 is 0 Å². The number of likely N-dealkylation sites (N-methyl/N-ethyl adjacent to an activating group) is 1. The molecule has 1 aliphatic rings. The zero-order valence-corrected chi connectivity index (χ0v) is 13.4. The Labute approximate surface area is 120 Å². The van der Waals surface area contributed by atoms with Crippen molar-refractivity contribution in [1.82, 2.24) is 15.2 Å². The third kappa shape index (κ3) is 3.91. The van der Waals surface area contributed by atoms with Gasteiger partial charge in [-0.2, -0.15) is 0 Å². The van der Waals surface area contributed by atoms with Crippen molar-refractivity contribution in [1.29, 1.82) is 0 Å². The molecule has 1 aliphatic heterocycles. The normalized spacial score (nSPS) is 18.8. The molecule has 1 aromatic rings. The zero-order chi connectivity index (χ0) is 13.8. The lowest BCUT2D eigenvalue weighted by Crippen LogP contribution is -2.44. The van der Waals surface area contributed by atoms with E-state index in [-0.39, 0.29) is 0 Å². The molecule has 1 atom stereocenters. The van der Waals surface area contributed by atoms with Crippen LogP contribution in [0.1, 0.15) is 30.8 Å². The minimum absolute atomic E-state index is 0.577. The highest BCUT2D eigenvalue weighted by Crippen LogP contribution is 2.26. The van der Waals surface area contributed by atoms with Gasteiger partial charge in [-0.1, -0.05) is 6.92 Å². The largest absolute Gasteiger partial charge is 0.346 e. The third-order valence-corrected chi connectivity index (χ3v) is 5.10. The molecule has 0 bridgehead atoms. The van der Waals surface area contributed by atoms with Gasteiger partial charge >= 0.3 is 0 Å². The van der Waals surface area contributed by atoms with E-state index in [0.29, 0.717) is 6.04 Å². The Morgan fingerprint density at radius 2 is 2.00 bits per heavy atom. The number of piperazine rings is 1. The SMILES string of the molecule is CCC(C)NCc1sc(N2CCN(C)CC2)nc1C. The highest BCUT2D eigenvalue weighted by molar-refractivity contribution is 7.15. The molecular weight excluding hydrogens is 256 g/mol. The number of aryl methyl sites for hydroxylation is 1. The van der Waals surface area contributed by atoms with Gasteiger partial charge in [-0.05, 0) is 27.3 Å². The first kappa shape index (κ1) is 14.8. The first-order valence-electron chi connectivity index (χ1n) is 7.23. The van der Waals surface area contributed by atoms with Crippen LogP contribution in [-0.4, -0.2) is 49.2 Å². The van der Waals surface area contributed by atoms with E-state index in [0.717, 1.165) is 32.7 Å². The van der Waals surface area contributed by atoms with Crippen LogP contribution in [0.25, 0.3) is 0 Å². The molecule has 19 heavy (non-hydrogen) atoms. The Morgan fingerprint density at radius 3 is 2.63 bits per heavy atom. The number of nitrogens with one attached hydrogen (secondary N) is 1. The van der Waals surface area contributed by atoms with Crippen LogP contribution in [0, 0.1) is 6.92 Å². The Bertz CT molecular complexity index is 396. The molecule has 1 saturated heterocycles. The lowest BCUT2D eigenvalue weighted by Gasteiger charge is -2.32. The predicted molar refractivity (Wildman–Crippen MR) is 83.2 cm³/mol. The zero-order valence-electron chi connectivity index (χ0n) is 12.6. The summed E-state index contributed by atoms with van der Waals surface area (Å²) in [6, 6.07) is 0.577. The molecule has 0 spiro atoms. The number of thiazole rings is 1. The topological polar surface area (TPSA) is 31.4 Å². The molecule has 1 unspecified atom stereocenters. The van der Waals surface area contributed by atoms with Gasteiger partial charge in [0.1, 0.15) is 0 Å². The summed E-state index contributed by atoms with van der Waals surface area (Å²) in [4.78, 5) is 10.9. The van der Waals surface area contributed by atoms with E-state index in [1.54, 1.807) is 0 Å². The molecule has 108 valence electrons. The molecule has 0 amide bonds. The molecular formula is C14H26N4S. The molecule has 1 aromatic heterocycles. The number of rotatable bonds is 5. The van der Waals surface area contributed by atoms with Crippen molar-refractivity contribution in [3.63, 3.8) is 0 Å². The highest BCUT2D eigenvalue weighted by atomic mass is 32.1. The molecule has 2 rings (SSSR count). The number of nitrogens with zero attached hydrogens (tertiary/aromatic N) is 3. The molecule has 4 nitrogen and oxygen atoms in total. The van der Waals surface area contributed by atoms with Gasteiger partial charge in [0.05, 0.1) is 5.69 Å². The Balaban J connectivity index is 1.96. The van der Waals surface area contributed by atoms with Crippen molar-refractivity contribution >= 4 is 16.5 Å². The van der Waals surface area contributed by atoms with E-state index in [1.165, 1.54) is 22.1 Å².